The van der Waals surface area contributed by atoms with Crippen molar-refractivity contribution < 1.29 is 10.0 Å². The van der Waals surface area contributed by atoms with Crippen LogP contribution in [0.3, 0.4) is 0 Å². The number of anilines is 1. The Bertz CT molecular complexity index is 446. The van der Waals surface area contributed by atoms with Gasteiger partial charge in [0, 0.05) is 17.1 Å². The lowest BCUT2D eigenvalue weighted by atomic mass is 9.80. The van der Waals surface area contributed by atoms with Crippen LogP contribution >= 0.6 is 15.9 Å². The largest absolute Gasteiger partial charge is 0.388 e. The number of nitrogens with zero attached hydrogens (tertiary/aromatic N) is 1. The van der Waals surface area contributed by atoms with E-state index in [2.05, 4.69) is 21.2 Å². The van der Waals surface area contributed by atoms with Gasteiger partial charge in [-0.25, -0.2) is 0 Å². The van der Waals surface area contributed by atoms with Gasteiger partial charge in [-0.05, 0) is 31.4 Å². The van der Waals surface area contributed by atoms with Crippen LogP contribution in [0.4, 0.5) is 11.4 Å². The molecule has 0 saturated heterocycles. The Kier molecular flexibility index (Phi) is 3.35. The van der Waals surface area contributed by atoms with Crippen LogP contribution in [0.1, 0.15) is 19.3 Å². The first-order valence-corrected chi connectivity index (χ1v) is 6.20. The van der Waals surface area contributed by atoms with Crippen LogP contribution in [-0.4, -0.2) is 22.2 Å². The molecule has 0 radical (unpaired) electrons. The number of hydrogen-bond donors (Lipinski definition) is 2. The van der Waals surface area contributed by atoms with Gasteiger partial charge in [0.25, 0.3) is 5.69 Å². The molecule has 1 aliphatic rings. The predicted molar refractivity (Wildman–Crippen MR) is 68.1 cm³/mol. The summed E-state index contributed by atoms with van der Waals surface area (Å²) in [5.41, 5.74) is -0.234. The molecule has 92 valence electrons. The summed E-state index contributed by atoms with van der Waals surface area (Å²) in [6.45, 7) is 0.357. The van der Waals surface area contributed by atoms with Gasteiger partial charge < -0.3 is 10.4 Å². The minimum atomic E-state index is -0.694. The highest BCUT2D eigenvalue weighted by molar-refractivity contribution is 9.10. The van der Waals surface area contributed by atoms with E-state index < -0.39 is 10.5 Å². The van der Waals surface area contributed by atoms with E-state index in [0.717, 1.165) is 19.3 Å². The number of hydrogen-bond acceptors (Lipinski definition) is 4. The average Bonchev–Trinajstić information content (AvgIpc) is 2.24. The SMILES string of the molecule is O=[N+]([O-])c1cc(Br)ccc1NCC1(O)CCC1. The highest BCUT2D eigenvalue weighted by Gasteiger charge is 2.34. The van der Waals surface area contributed by atoms with E-state index in [1.807, 2.05) is 0 Å². The molecule has 0 atom stereocenters. The molecule has 0 spiro atoms. The van der Waals surface area contributed by atoms with E-state index in [-0.39, 0.29) is 5.69 Å². The molecule has 1 aromatic rings. The zero-order valence-electron chi connectivity index (χ0n) is 9.15. The average molecular weight is 301 g/mol. The first-order valence-electron chi connectivity index (χ1n) is 5.40. The van der Waals surface area contributed by atoms with Crippen molar-refractivity contribution in [1.29, 1.82) is 0 Å². The zero-order chi connectivity index (χ0) is 12.5. The molecule has 0 amide bonds. The fraction of sp³-hybridized carbons (Fsp3) is 0.455. The topological polar surface area (TPSA) is 75.4 Å². The van der Waals surface area contributed by atoms with Gasteiger partial charge in [0.1, 0.15) is 5.69 Å². The molecule has 0 bridgehead atoms. The maximum Gasteiger partial charge on any atom is 0.293 e. The van der Waals surface area contributed by atoms with Gasteiger partial charge in [0.05, 0.1) is 10.5 Å². The Labute approximate surface area is 107 Å². The van der Waals surface area contributed by atoms with Gasteiger partial charge in [-0.1, -0.05) is 15.9 Å². The van der Waals surface area contributed by atoms with Crippen molar-refractivity contribution in [3.63, 3.8) is 0 Å². The molecule has 0 aromatic heterocycles. The van der Waals surface area contributed by atoms with Crippen LogP contribution in [0.5, 0.6) is 0 Å². The molecule has 0 heterocycles. The van der Waals surface area contributed by atoms with Crippen molar-refractivity contribution in [2.75, 3.05) is 11.9 Å². The van der Waals surface area contributed by atoms with E-state index in [1.165, 1.54) is 6.07 Å². The van der Waals surface area contributed by atoms with E-state index in [9.17, 15) is 15.2 Å². The summed E-state index contributed by atoms with van der Waals surface area (Å²) in [4.78, 5) is 10.4. The van der Waals surface area contributed by atoms with Crippen molar-refractivity contribution in [2.45, 2.75) is 24.9 Å². The summed E-state index contributed by atoms with van der Waals surface area (Å²) in [7, 11) is 0. The number of benzene rings is 1. The number of nitrogens with one attached hydrogen (secondary N) is 1. The molecule has 6 heteroatoms. The summed E-state index contributed by atoms with van der Waals surface area (Å²) < 4.78 is 0.664. The third-order valence-electron chi connectivity index (χ3n) is 3.05. The van der Waals surface area contributed by atoms with Crippen LogP contribution < -0.4 is 5.32 Å². The Morgan fingerprint density at radius 1 is 1.53 bits per heavy atom. The third-order valence-corrected chi connectivity index (χ3v) is 3.54. The van der Waals surface area contributed by atoms with Gasteiger partial charge in [-0.2, -0.15) is 0 Å². The van der Waals surface area contributed by atoms with Crippen molar-refractivity contribution in [3.05, 3.63) is 32.8 Å². The molecular weight excluding hydrogens is 288 g/mol. The molecule has 17 heavy (non-hydrogen) atoms. The summed E-state index contributed by atoms with van der Waals surface area (Å²) in [6.07, 6.45) is 2.52. The minimum Gasteiger partial charge on any atom is -0.388 e. The maximum atomic E-state index is 10.9. The second-order valence-electron chi connectivity index (χ2n) is 4.35. The second-order valence-corrected chi connectivity index (χ2v) is 5.27. The second kappa shape index (κ2) is 4.62. The zero-order valence-corrected chi connectivity index (χ0v) is 10.7. The van der Waals surface area contributed by atoms with Crippen molar-refractivity contribution in [1.82, 2.24) is 0 Å². The normalized spacial score (nSPS) is 17.3. The Morgan fingerprint density at radius 3 is 2.76 bits per heavy atom. The van der Waals surface area contributed by atoms with Gasteiger partial charge in [-0.15, -0.1) is 0 Å². The maximum absolute atomic E-state index is 10.9. The van der Waals surface area contributed by atoms with Gasteiger partial charge in [0.15, 0.2) is 0 Å². The van der Waals surface area contributed by atoms with E-state index in [1.54, 1.807) is 12.1 Å². The minimum absolute atomic E-state index is 0.0160. The molecule has 0 aliphatic heterocycles. The fourth-order valence-corrected chi connectivity index (χ4v) is 2.18. The third kappa shape index (κ3) is 2.76. The molecule has 0 unspecified atom stereocenters. The van der Waals surface area contributed by atoms with Gasteiger partial charge >= 0.3 is 0 Å². The molecule has 1 aromatic carbocycles. The number of nitro groups is 1. The Hall–Kier alpha value is -1.14. The first-order chi connectivity index (χ1) is 8.00. The number of nitro benzene ring substituents is 1. The van der Waals surface area contributed by atoms with Crippen LogP contribution in [0.25, 0.3) is 0 Å². The van der Waals surface area contributed by atoms with Crippen molar-refractivity contribution >= 4 is 27.3 Å². The molecular formula is C11H13BrN2O3. The van der Waals surface area contributed by atoms with Crippen molar-refractivity contribution in [2.24, 2.45) is 0 Å². The highest BCUT2D eigenvalue weighted by atomic mass is 79.9. The molecule has 1 fully saturated rings. The van der Waals surface area contributed by atoms with E-state index in [0.29, 0.717) is 16.7 Å². The molecule has 5 nitrogen and oxygen atoms in total. The van der Waals surface area contributed by atoms with Gasteiger partial charge in [0.2, 0.25) is 0 Å². The summed E-state index contributed by atoms with van der Waals surface area (Å²) in [5, 5.41) is 23.7. The summed E-state index contributed by atoms with van der Waals surface area (Å²) >= 11 is 3.20. The Morgan fingerprint density at radius 2 is 2.24 bits per heavy atom. The lowest BCUT2D eigenvalue weighted by Gasteiger charge is -2.36. The van der Waals surface area contributed by atoms with Gasteiger partial charge in [-0.3, -0.25) is 10.1 Å². The Balaban J connectivity index is 2.12. The lowest BCUT2D eigenvalue weighted by molar-refractivity contribution is -0.384. The predicted octanol–water partition coefficient (Wildman–Crippen LogP) is 2.68. The fourth-order valence-electron chi connectivity index (χ4n) is 1.83. The number of halogens is 1. The number of rotatable bonds is 4. The van der Waals surface area contributed by atoms with Crippen LogP contribution in [0.2, 0.25) is 0 Å². The molecule has 1 aliphatic carbocycles. The summed E-state index contributed by atoms with van der Waals surface area (Å²) in [6, 6.07) is 4.83. The first kappa shape index (κ1) is 12.3. The monoisotopic (exact) mass is 300 g/mol. The quantitative estimate of drug-likeness (QED) is 0.662. The van der Waals surface area contributed by atoms with Crippen molar-refractivity contribution in [3.8, 4) is 0 Å². The van der Waals surface area contributed by atoms with E-state index >= 15 is 0 Å². The van der Waals surface area contributed by atoms with E-state index in [4.69, 9.17) is 0 Å². The number of aliphatic hydroxyl groups is 1. The molecule has 2 rings (SSSR count). The highest BCUT2D eigenvalue weighted by Crippen LogP contribution is 2.33. The lowest BCUT2D eigenvalue weighted by Crippen LogP contribution is -2.43. The smallest absolute Gasteiger partial charge is 0.293 e. The van der Waals surface area contributed by atoms with Crippen LogP contribution in [-0.2, 0) is 0 Å². The molecule has 2 N–H and O–H groups in total. The van der Waals surface area contributed by atoms with Crippen LogP contribution in [0.15, 0.2) is 22.7 Å². The van der Waals surface area contributed by atoms with Crippen LogP contribution in [0, 0.1) is 10.1 Å². The standard InChI is InChI=1S/C11H13BrN2O3/c12-8-2-3-9(10(6-8)14(16)17)13-7-11(15)4-1-5-11/h2-3,6,13,15H,1,4-5,7H2. The summed E-state index contributed by atoms with van der Waals surface area (Å²) in [5.74, 6) is 0. The molecule has 1 saturated carbocycles.